The monoisotopic (exact) mass is 206 g/mol. The molecule has 0 heterocycles. The molecule has 0 bridgehead atoms. The third kappa shape index (κ3) is 8.06. The molecule has 76 valence electrons. The van der Waals surface area contributed by atoms with Gasteiger partial charge < -0.3 is 4.90 Å². The van der Waals surface area contributed by atoms with Crippen molar-refractivity contribution in [2.75, 3.05) is 20.6 Å². The van der Waals surface area contributed by atoms with E-state index in [0.717, 1.165) is 19.4 Å². The van der Waals surface area contributed by atoms with Crippen LogP contribution in [0.5, 0.6) is 0 Å². The average Bonchev–Trinajstić information content (AvgIpc) is 2.01. The lowest BCUT2D eigenvalue weighted by Gasteiger charge is -2.09. The predicted octanol–water partition coefficient (Wildman–Crippen LogP) is 1.55. The van der Waals surface area contributed by atoms with Gasteiger partial charge in [-0.1, -0.05) is 6.08 Å². The first kappa shape index (κ1) is 12.7. The minimum Gasteiger partial charge on any atom is -0.309 e. The van der Waals surface area contributed by atoms with Gasteiger partial charge in [-0.25, -0.2) is 0 Å². The lowest BCUT2D eigenvalue weighted by molar-refractivity contribution is 0.212. The smallest absolute Gasteiger partial charge is 0.309 e. The van der Waals surface area contributed by atoms with Crippen LogP contribution < -0.4 is 0 Å². The summed E-state index contributed by atoms with van der Waals surface area (Å²) in [6.45, 7) is 4.47. The molecule has 0 saturated heterocycles. The molecule has 0 aliphatic rings. The van der Waals surface area contributed by atoms with Gasteiger partial charge in [-0.2, -0.15) is 0 Å². The fourth-order valence-electron chi connectivity index (χ4n) is 0.938. The zero-order valence-electron chi connectivity index (χ0n) is 8.14. The van der Waals surface area contributed by atoms with Crippen molar-refractivity contribution in [3.05, 3.63) is 12.7 Å². The molecule has 0 amide bonds. The Morgan fingerprint density at radius 2 is 2.31 bits per heavy atom. The maximum absolute atomic E-state index is 10.3. The summed E-state index contributed by atoms with van der Waals surface area (Å²) in [7, 11) is 1.45. The van der Waals surface area contributed by atoms with Crippen LogP contribution >= 0.6 is 8.25 Å². The fourth-order valence-corrected chi connectivity index (χ4v) is 1.36. The van der Waals surface area contributed by atoms with E-state index < -0.39 is 8.25 Å². The van der Waals surface area contributed by atoms with Crippen molar-refractivity contribution >= 4 is 8.25 Å². The zero-order chi connectivity index (χ0) is 10.3. The lowest BCUT2D eigenvalue weighted by Crippen LogP contribution is -2.15. The Labute approximate surface area is 80.1 Å². The molecule has 5 heteroatoms. The first-order valence-electron chi connectivity index (χ1n) is 4.16. The quantitative estimate of drug-likeness (QED) is 0.507. The maximum atomic E-state index is 10.3. The molecule has 2 unspecified atom stereocenters. The molecule has 0 fully saturated rings. The van der Waals surface area contributed by atoms with Crippen LogP contribution in [0.1, 0.15) is 12.8 Å². The number of nitrogens with zero attached hydrogens (tertiary/aromatic N) is 1. The summed E-state index contributed by atoms with van der Waals surface area (Å²) in [6.07, 6.45) is 2.89. The molecule has 0 aromatic heterocycles. The van der Waals surface area contributed by atoms with Gasteiger partial charge >= 0.3 is 8.25 Å². The summed E-state index contributed by atoms with van der Waals surface area (Å²) in [5, 5.41) is 0. The zero-order valence-corrected chi connectivity index (χ0v) is 9.04. The topological polar surface area (TPSA) is 49.8 Å². The highest BCUT2D eigenvalue weighted by Crippen LogP contribution is 2.21. The highest BCUT2D eigenvalue weighted by Gasteiger charge is 2.19. The van der Waals surface area contributed by atoms with Gasteiger partial charge in [0, 0.05) is 4.57 Å². The van der Waals surface area contributed by atoms with Crippen LogP contribution in [-0.4, -0.2) is 36.5 Å². The van der Waals surface area contributed by atoms with E-state index in [4.69, 9.17) is 9.42 Å². The van der Waals surface area contributed by atoms with Crippen LogP contribution in [0.2, 0.25) is 0 Å². The van der Waals surface area contributed by atoms with Crippen molar-refractivity contribution < 1.29 is 14.0 Å². The Hall–Kier alpha value is -0.280. The summed E-state index contributed by atoms with van der Waals surface area (Å²) < 4.78 is 15.0. The molecule has 0 rings (SSSR count). The van der Waals surface area contributed by atoms with Gasteiger partial charge in [-0.15, -0.1) is 16.0 Å². The lowest BCUT2D eigenvalue weighted by atomic mass is 10.2. The van der Waals surface area contributed by atoms with E-state index in [1.807, 2.05) is 14.1 Å². The summed E-state index contributed by atoms with van der Waals surface area (Å²) >= 11 is 0. The first-order valence-corrected chi connectivity index (χ1v) is 5.29. The van der Waals surface area contributed by atoms with Crippen LogP contribution in [0.4, 0.5) is 0 Å². The Morgan fingerprint density at radius 3 is 2.69 bits per heavy atom. The van der Waals surface area contributed by atoms with Gasteiger partial charge in [-0.05, 0) is 33.5 Å². The normalized spacial score (nSPS) is 14.3. The van der Waals surface area contributed by atoms with Crippen molar-refractivity contribution in [3.8, 4) is 0 Å². The van der Waals surface area contributed by atoms with Gasteiger partial charge in [0.1, 0.15) is 6.10 Å². The van der Waals surface area contributed by atoms with Gasteiger partial charge in [0.2, 0.25) is 0 Å². The summed E-state index contributed by atoms with van der Waals surface area (Å²) in [4.78, 5) is 10.5. The molecule has 0 aliphatic carbocycles. The Balaban J connectivity index is 3.59. The Bertz CT molecular complexity index is 173. The second-order valence-electron chi connectivity index (χ2n) is 3.06. The molecule has 2 atom stereocenters. The van der Waals surface area contributed by atoms with E-state index in [2.05, 4.69) is 11.5 Å². The summed E-state index contributed by atoms with van der Waals surface area (Å²) in [6, 6.07) is 0. The standard InChI is InChI=1S/C8H16NO3P/c1-4-8(12-13(10)11)6-5-7-9(2)3/h4,8H,1,5-7H2,2-3H3/p+1. The molecule has 0 radical (unpaired) electrons. The highest BCUT2D eigenvalue weighted by molar-refractivity contribution is 7.32. The minimum atomic E-state index is -2.51. The second-order valence-corrected chi connectivity index (χ2v) is 3.75. The van der Waals surface area contributed by atoms with Crippen molar-refractivity contribution in [1.29, 1.82) is 0 Å². The largest absolute Gasteiger partial charge is 0.695 e. The van der Waals surface area contributed by atoms with Crippen LogP contribution in [0, 0.1) is 0 Å². The van der Waals surface area contributed by atoms with E-state index in [-0.39, 0.29) is 6.10 Å². The molecule has 0 saturated carbocycles. The minimum absolute atomic E-state index is 0.312. The van der Waals surface area contributed by atoms with E-state index >= 15 is 0 Å². The van der Waals surface area contributed by atoms with E-state index in [1.54, 1.807) is 6.08 Å². The van der Waals surface area contributed by atoms with Crippen LogP contribution in [0.15, 0.2) is 12.7 Å². The third-order valence-electron chi connectivity index (χ3n) is 1.58. The third-order valence-corrected chi connectivity index (χ3v) is 2.03. The van der Waals surface area contributed by atoms with E-state index in [1.165, 1.54) is 0 Å². The van der Waals surface area contributed by atoms with Gasteiger partial charge in [0.05, 0.1) is 0 Å². The average molecular weight is 206 g/mol. The molecule has 0 aromatic carbocycles. The summed E-state index contributed by atoms with van der Waals surface area (Å²) in [5.74, 6) is 0. The molecule has 1 N–H and O–H groups in total. The van der Waals surface area contributed by atoms with Crippen LogP contribution in [0.3, 0.4) is 0 Å². The number of hydrogen-bond donors (Lipinski definition) is 1. The molecule has 13 heavy (non-hydrogen) atoms. The van der Waals surface area contributed by atoms with Crippen LogP contribution in [-0.2, 0) is 9.09 Å². The van der Waals surface area contributed by atoms with Gasteiger partial charge in [0.25, 0.3) is 0 Å². The molecule has 4 nitrogen and oxygen atoms in total. The van der Waals surface area contributed by atoms with E-state index in [0.29, 0.717) is 0 Å². The number of hydrogen-bond acceptors (Lipinski definition) is 3. The van der Waals surface area contributed by atoms with Crippen LogP contribution in [0.25, 0.3) is 0 Å². The van der Waals surface area contributed by atoms with Gasteiger partial charge in [0.15, 0.2) is 0 Å². The Kier molecular flexibility index (Phi) is 7.00. The second kappa shape index (κ2) is 7.15. The molecule has 0 aromatic rings. The maximum Gasteiger partial charge on any atom is 0.695 e. The molecular weight excluding hydrogens is 189 g/mol. The van der Waals surface area contributed by atoms with Crippen molar-refractivity contribution in [3.63, 3.8) is 0 Å². The molecule has 0 aliphatic heterocycles. The van der Waals surface area contributed by atoms with Crippen molar-refractivity contribution in [2.45, 2.75) is 18.9 Å². The Morgan fingerprint density at radius 1 is 1.69 bits per heavy atom. The first-order chi connectivity index (χ1) is 6.06. The molecule has 0 spiro atoms. The van der Waals surface area contributed by atoms with Crippen molar-refractivity contribution in [1.82, 2.24) is 4.90 Å². The number of rotatable bonds is 7. The van der Waals surface area contributed by atoms with E-state index in [9.17, 15) is 4.57 Å². The molecular formula is C8H17NO3P+. The highest BCUT2D eigenvalue weighted by atomic mass is 31.1. The predicted molar refractivity (Wildman–Crippen MR) is 52.7 cm³/mol. The van der Waals surface area contributed by atoms with Gasteiger partial charge in [-0.3, -0.25) is 0 Å². The summed E-state index contributed by atoms with van der Waals surface area (Å²) in [5.41, 5.74) is 0. The fraction of sp³-hybridized carbons (Fsp3) is 0.750. The SMILES string of the molecule is C=CC(CCCN(C)C)O[P+](=O)O. The van der Waals surface area contributed by atoms with Crippen molar-refractivity contribution in [2.24, 2.45) is 0 Å².